The second-order valence-corrected chi connectivity index (χ2v) is 9.95. The van der Waals surface area contributed by atoms with Gasteiger partial charge in [0.25, 0.3) is 5.91 Å². The summed E-state index contributed by atoms with van der Waals surface area (Å²) >= 11 is 5.79. The highest BCUT2D eigenvalue weighted by Crippen LogP contribution is 2.24. The van der Waals surface area contributed by atoms with Crippen LogP contribution in [0, 0.1) is 23.5 Å². The first-order valence-corrected chi connectivity index (χ1v) is 13.1. The number of pyridine rings is 1. The van der Waals surface area contributed by atoms with Gasteiger partial charge in [0.2, 0.25) is 11.8 Å². The fraction of sp³-hybridized carbons (Fsp3) is 0.207. The number of amides is 3. The van der Waals surface area contributed by atoms with Crippen molar-refractivity contribution >= 4 is 40.2 Å². The summed E-state index contributed by atoms with van der Waals surface area (Å²) in [4.78, 5) is 43.3. The minimum Gasteiger partial charge on any atom is -0.364 e. The number of carbonyl (C=O) groups is 3. The predicted octanol–water partition coefficient (Wildman–Crippen LogP) is 3.12. The molecule has 2 atom stereocenters. The Morgan fingerprint density at radius 3 is 2.67 bits per heavy atom. The zero-order chi connectivity index (χ0) is 30.0. The molecule has 0 unspecified atom stereocenters. The van der Waals surface area contributed by atoms with E-state index in [4.69, 9.17) is 17.3 Å². The average Bonchev–Trinajstić information content (AvgIpc) is 3.54. The Morgan fingerprint density at radius 2 is 1.93 bits per heavy atom. The van der Waals surface area contributed by atoms with E-state index in [1.807, 2.05) is 0 Å². The van der Waals surface area contributed by atoms with Crippen molar-refractivity contribution in [2.75, 3.05) is 6.54 Å². The number of benzene rings is 2. The smallest absolute Gasteiger partial charge is 0.269 e. The number of nitrogens with zero attached hydrogens (tertiary/aromatic N) is 4. The molecule has 3 amide bonds. The van der Waals surface area contributed by atoms with E-state index in [0.29, 0.717) is 22.2 Å². The van der Waals surface area contributed by atoms with Crippen LogP contribution in [-0.2, 0) is 22.7 Å². The summed E-state index contributed by atoms with van der Waals surface area (Å²) in [5.41, 5.74) is 6.76. The predicted molar refractivity (Wildman–Crippen MR) is 147 cm³/mol. The summed E-state index contributed by atoms with van der Waals surface area (Å²) in [6.45, 7) is -0.926. The van der Waals surface area contributed by atoms with E-state index in [-0.39, 0.29) is 35.8 Å². The van der Waals surface area contributed by atoms with Crippen molar-refractivity contribution in [2.24, 2.45) is 5.73 Å². The Labute approximate surface area is 242 Å². The van der Waals surface area contributed by atoms with Crippen LogP contribution in [0.5, 0.6) is 0 Å². The molecule has 13 heteroatoms. The van der Waals surface area contributed by atoms with Gasteiger partial charge in [0, 0.05) is 29.5 Å². The number of fused-ring (bicyclic) bond motifs is 1. The summed E-state index contributed by atoms with van der Waals surface area (Å²) in [5, 5.41) is 6.97. The lowest BCUT2D eigenvalue weighted by atomic mass is 10.1. The first-order chi connectivity index (χ1) is 20.1. The van der Waals surface area contributed by atoms with Crippen molar-refractivity contribution in [1.82, 2.24) is 25.0 Å². The lowest BCUT2D eigenvalue weighted by Crippen LogP contribution is -2.46. The van der Waals surface area contributed by atoms with Crippen LogP contribution in [0.3, 0.4) is 0 Å². The highest BCUT2D eigenvalue weighted by Gasteiger charge is 2.40. The number of aromatic nitrogens is 3. The Hall–Kier alpha value is -4.89. The maximum Gasteiger partial charge on any atom is 0.269 e. The third kappa shape index (κ3) is 6.06. The van der Waals surface area contributed by atoms with Crippen molar-refractivity contribution in [3.63, 3.8) is 0 Å². The number of likely N-dealkylation sites (tertiary alicyclic amines) is 1. The number of nitrogens with one attached hydrogen (secondary N) is 1. The minimum atomic E-state index is -1.44. The van der Waals surface area contributed by atoms with Crippen LogP contribution in [0.4, 0.5) is 13.2 Å². The van der Waals surface area contributed by atoms with Crippen LogP contribution in [0.15, 0.2) is 54.7 Å². The molecule has 0 spiro atoms. The number of rotatable bonds is 6. The number of primary amides is 1. The zero-order valence-electron chi connectivity index (χ0n) is 21.8. The molecule has 0 saturated carbocycles. The molecule has 9 nitrogen and oxygen atoms in total. The molecular formula is C29H22ClF3N6O3. The molecule has 5 rings (SSSR count). The second kappa shape index (κ2) is 11.9. The highest BCUT2D eigenvalue weighted by atomic mass is 35.5. The monoisotopic (exact) mass is 594 g/mol. The van der Waals surface area contributed by atoms with Crippen LogP contribution in [0.2, 0.25) is 5.02 Å². The number of hydrogen-bond donors (Lipinski definition) is 2. The standard InChI is InChI=1S/C29H22ClF3N6O3/c30-22-3-1-2-17(26(22)33)12-36-29(42)24-11-19(32)14-38(24)25(40)15-39-23-9-5-16(10-21(23)27(37-39)28(34)41)4-7-20-8-6-18(31)13-35-20/h1-3,5-6,8-10,13,19,24H,11-12,14-15H2,(H2,34,41)(H,36,42)/t19-,24+/m1/s1. The van der Waals surface area contributed by atoms with Gasteiger partial charge < -0.3 is 16.0 Å². The zero-order valence-corrected chi connectivity index (χ0v) is 22.5. The topological polar surface area (TPSA) is 123 Å². The number of nitrogens with two attached hydrogens (primary N) is 1. The van der Waals surface area contributed by atoms with Crippen molar-refractivity contribution in [3.8, 4) is 11.8 Å². The number of carbonyl (C=O) groups excluding carboxylic acids is 3. The molecule has 0 radical (unpaired) electrons. The molecule has 1 fully saturated rings. The second-order valence-electron chi connectivity index (χ2n) is 9.54. The van der Waals surface area contributed by atoms with Gasteiger partial charge >= 0.3 is 0 Å². The van der Waals surface area contributed by atoms with Crippen LogP contribution in [0.25, 0.3) is 10.9 Å². The van der Waals surface area contributed by atoms with Crippen molar-refractivity contribution in [1.29, 1.82) is 0 Å². The van der Waals surface area contributed by atoms with Crippen LogP contribution in [-0.4, -0.2) is 56.1 Å². The van der Waals surface area contributed by atoms with Crippen LogP contribution < -0.4 is 11.1 Å². The van der Waals surface area contributed by atoms with E-state index < -0.39 is 48.1 Å². The lowest BCUT2D eigenvalue weighted by molar-refractivity contribution is -0.139. The number of hydrogen-bond acceptors (Lipinski definition) is 5. The quantitative estimate of drug-likeness (QED) is 0.332. The Bertz CT molecular complexity index is 1770. The molecule has 2 aromatic carbocycles. The molecule has 4 aromatic rings. The van der Waals surface area contributed by atoms with Gasteiger partial charge in [-0.2, -0.15) is 5.10 Å². The molecule has 2 aromatic heterocycles. The van der Waals surface area contributed by atoms with Gasteiger partial charge in [-0.05, 0) is 42.3 Å². The normalized spacial score (nSPS) is 16.2. The fourth-order valence-electron chi connectivity index (χ4n) is 4.66. The van der Waals surface area contributed by atoms with Gasteiger partial charge in [-0.25, -0.2) is 18.2 Å². The molecular weight excluding hydrogens is 573 g/mol. The first kappa shape index (κ1) is 28.6. The largest absolute Gasteiger partial charge is 0.364 e. The van der Waals surface area contributed by atoms with Gasteiger partial charge in [-0.15, -0.1) is 0 Å². The van der Waals surface area contributed by atoms with Gasteiger partial charge in [0.15, 0.2) is 5.69 Å². The van der Waals surface area contributed by atoms with Crippen LogP contribution in [0.1, 0.15) is 33.7 Å². The lowest BCUT2D eigenvalue weighted by Gasteiger charge is -2.24. The van der Waals surface area contributed by atoms with E-state index in [1.54, 1.807) is 18.2 Å². The van der Waals surface area contributed by atoms with Crippen LogP contribution >= 0.6 is 11.6 Å². The van der Waals surface area contributed by atoms with Gasteiger partial charge in [-0.1, -0.05) is 29.7 Å². The molecule has 1 aliphatic rings. The molecule has 3 N–H and O–H groups in total. The molecule has 1 aliphatic heterocycles. The molecule has 42 heavy (non-hydrogen) atoms. The van der Waals surface area contributed by atoms with Gasteiger partial charge in [0.1, 0.15) is 36.1 Å². The van der Waals surface area contributed by atoms with E-state index >= 15 is 0 Å². The minimum absolute atomic E-state index is 0.103. The van der Waals surface area contributed by atoms with E-state index in [2.05, 4.69) is 27.2 Å². The summed E-state index contributed by atoms with van der Waals surface area (Å²) in [5.74, 6) is 2.38. The summed E-state index contributed by atoms with van der Waals surface area (Å²) in [6, 6.07) is 10.7. The summed E-state index contributed by atoms with van der Waals surface area (Å²) in [6.07, 6.45) is -0.634. The van der Waals surface area contributed by atoms with Gasteiger partial charge in [-0.3, -0.25) is 19.1 Å². The molecule has 214 valence electrons. The van der Waals surface area contributed by atoms with E-state index in [1.165, 1.54) is 35.0 Å². The maximum absolute atomic E-state index is 14.4. The Balaban J connectivity index is 1.35. The third-order valence-electron chi connectivity index (χ3n) is 6.69. The van der Waals surface area contributed by atoms with Crippen molar-refractivity contribution in [2.45, 2.75) is 31.7 Å². The molecule has 0 bridgehead atoms. The summed E-state index contributed by atoms with van der Waals surface area (Å²) in [7, 11) is 0. The van der Waals surface area contributed by atoms with E-state index in [0.717, 1.165) is 11.1 Å². The Morgan fingerprint density at radius 1 is 1.12 bits per heavy atom. The van der Waals surface area contributed by atoms with Gasteiger partial charge in [0.05, 0.1) is 23.3 Å². The number of halogens is 4. The van der Waals surface area contributed by atoms with E-state index in [9.17, 15) is 27.6 Å². The maximum atomic E-state index is 14.4. The van der Waals surface area contributed by atoms with Crippen molar-refractivity contribution in [3.05, 3.63) is 93.9 Å². The molecule has 1 saturated heterocycles. The van der Waals surface area contributed by atoms with Crippen molar-refractivity contribution < 1.29 is 27.6 Å². The summed E-state index contributed by atoms with van der Waals surface area (Å²) < 4.78 is 43.0. The number of alkyl halides is 1. The SMILES string of the molecule is NC(=O)c1nn(CC(=O)N2C[C@H](F)C[C@H]2C(=O)NCc2cccc(Cl)c2F)c2ccc(C#Cc3ccc(F)cn3)cc12. The highest BCUT2D eigenvalue weighted by molar-refractivity contribution is 6.30. The average molecular weight is 595 g/mol. The fourth-order valence-corrected chi connectivity index (χ4v) is 4.85. The Kier molecular flexibility index (Phi) is 8.13. The third-order valence-corrected chi connectivity index (χ3v) is 6.98. The molecule has 3 heterocycles. The molecule has 0 aliphatic carbocycles. The first-order valence-electron chi connectivity index (χ1n) is 12.7.